The summed E-state index contributed by atoms with van der Waals surface area (Å²) in [6.07, 6.45) is 0. The van der Waals surface area contributed by atoms with Crippen molar-refractivity contribution in [1.82, 2.24) is 0 Å². The quantitative estimate of drug-likeness (QED) is 0.634. The van der Waals surface area contributed by atoms with Gasteiger partial charge in [-0.15, -0.1) is 0 Å². The number of amides is 2. The minimum atomic E-state index is -0.703. The Hall–Kier alpha value is -2.37. The third kappa shape index (κ3) is 4.25. The van der Waals surface area contributed by atoms with E-state index in [9.17, 15) is 14.7 Å². The molecule has 2 N–H and O–H groups in total. The van der Waals surface area contributed by atoms with Gasteiger partial charge in [-0.25, -0.2) is 9.59 Å². The molecule has 0 unspecified atom stereocenters. The van der Waals surface area contributed by atoms with E-state index in [2.05, 4.69) is 15.0 Å². The lowest BCUT2D eigenvalue weighted by molar-refractivity contribution is -0.135. The van der Waals surface area contributed by atoms with Gasteiger partial charge in [-0.3, -0.25) is 0 Å². The van der Waals surface area contributed by atoms with E-state index in [1.807, 2.05) is 0 Å². The zero-order chi connectivity index (χ0) is 13.5. The molecule has 0 aliphatic rings. The second-order valence-corrected chi connectivity index (χ2v) is 3.40. The maximum absolute atomic E-state index is 11.5. The van der Waals surface area contributed by atoms with Gasteiger partial charge in [-0.1, -0.05) is 6.07 Å². The van der Waals surface area contributed by atoms with Gasteiger partial charge < -0.3 is 15.2 Å². The molecule has 0 atom stereocenters. The number of benzene rings is 1. The second kappa shape index (κ2) is 6.39. The number of anilines is 1. The number of ether oxygens (including phenoxy) is 1. The molecule has 0 saturated heterocycles. The Morgan fingerprint density at radius 2 is 2.17 bits per heavy atom. The van der Waals surface area contributed by atoms with Crippen LogP contribution in [0.3, 0.4) is 0 Å². The maximum Gasteiger partial charge on any atom is 0.352 e. The molecule has 1 rings (SSSR count). The molecule has 1 aromatic rings. The molecule has 0 saturated carbocycles. The van der Waals surface area contributed by atoms with Crippen LogP contribution in [0.25, 0.3) is 0 Å². The standard InChI is InChI=1S/C12H14N2O4/c1-3-18-11(16)8(2)13-12(17)14-9-5-4-6-10(15)7-9/h4-7,15H,3H2,1-2H3,(H,14,17). The molecular formula is C12H14N2O4. The summed E-state index contributed by atoms with van der Waals surface area (Å²) in [5.74, 6) is -0.609. The molecule has 0 fully saturated rings. The van der Waals surface area contributed by atoms with Crippen LogP contribution in [-0.2, 0) is 9.53 Å². The molecule has 0 aliphatic carbocycles. The molecule has 96 valence electrons. The van der Waals surface area contributed by atoms with Crippen molar-refractivity contribution in [3.05, 3.63) is 24.3 Å². The molecule has 6 nitrogen and oxygen atoms in total. The van der Waals surface area contributed by atoms with Crippen LogP contribution in [0.4, 0.5) is 10.5 Å². The normalized spacial score (nSPS) is 10.9. The summed E-state index contributed by atoms with van der Waals surface area (Å²) in [5, 5.41) is 11.6. The number of hydrogen-bond acceptors (Lipinski definition) is 4. The van der Waals surface area contributed by atoms with Crippen molar-refractivity contribution in [3.63, 3.8) is 0 Å². The van der Waals surface area contributed by atoms with E-state index in [1.54, 1.807) is 19.1 Å². The molecule has 0 aromatic heterocycles. The number of phenols is 1. The molecule has 2 amide bonds. The molecule has 0 spiro atoms. The molecular weight excluding hydrogens is 236 g/mol. The van der Waals surface area contributed by atoms with Gasteiger partial charge in [0, 0.05) is 11.8 Å². The summed E-state index contributed by atoms with van der Waals surface area (Å²) < 4.78 is 4.68. The monoisotopic (exact) mass is 250 g/mol. The van der Waals surface area contributed by atoms with E-state index in [0.717, 1.165) is 0 Å². The Labute approximate surface area is 104 Å². The second-order valence-electron chi connectivity index (χ2n) is 3.40. The zero-order valence-corrected chi connectivity index (χ0v) is 10.1. The fraction of sp³-hybridized carbons (Fsp3) is 0.250. The van der Waals surface area contributed by atoms with Gasteiger partial charge >= 0.3 is 12.0 Å². The van der Waals surface area contributed by atoms with Gasteiger partial charge in [-0.05, 0) is 26.0 Å². The summed E-state index contributed by atoms with van der Waals surface area (Å²) >= 11 is 0. The summed E-state index contributed by atoms with van der Waals surface area (Å²) in [5.41, 5.74) is 0.356. The number of aliphatic imine (C=N–C) groups is 1. The largest absolute Gasteiger partial charge is 0.508 e. The molecule has 0 radical (unpaired) electrons. The van der Waals surface area contributed by atoms with E-state index in [-0.39, 0.29) is 18.1 Å². The summed E-state index contributed by atoms with van der Waals surface area (Å²) in [6.45, 7) is 3.28. The van der Waals surface area contributed by atoms with Gasteiger partial charge in [0.2, 0.25) is 0 Å². The minimum absolute atomic E-state index is 0.0268. The van der Waals surface area contributed by atoms with Crippen molar-refractivity contribution < 1.29 is 19.4 Å². The third-order valence-electron chi connectivity index (χ3n) is 1.94. The molecule has 18 heavy (non-hydrogen) atoms. The van der Waals surface area contributed by atoms with Gasteiger partial charge in [0.25, 0.3) is 0 Å². The number of nitrogens with zero attached hydrogens (tertiary/aromatic N) is 1. The average molecular weight is 250 g/mol. The highest BCUT2D eigenvalue weighted by Gasteiger charge is 2.09. The van der Waals surface area contributed by atoms with Crippen molar-refractivity contribution in [2.45, 2.75) is 13.8 Å². The van der Waals surface area contributed by atoms with Gasteiger partial charge in [0.05, 0.1) is 6.61 Å². The van der Waals surface area contributed by atoms with Crippen molar-refractivity contribution >= 4 is 23.4 Å². The van der Waals surface area contributed by atoms with Crippen molar-refractivity contribution in [2.75, 3.05) is 11.9 Å². The highest BCUT2D eigenvalue weighted by atomic mass is 16.5. The number of aromatic hydroxyl groups is 1. The van der Waals surface area contributed by atoms with Crippen LogP contribution in [0.2, 0.25) is 0 Å². The molecule has 0 bridgehead atoms. The number of nitrogens with one attached hydrogen (secondary N) is 1. The predicted molar refractivity (Wildman–Crippen MR) is 66.9 cm³/mol. The molecule has 1 aromatic carbocycles. The topological polar surface area (TPSA) is 88.0 Å². The Kier molecular flexibility index (Phi) is 4.86. The van der Waals surface area contributed by atoms with E-state index in [4.69, 9.17) is 0 Å². The van der Waals surface area contributed by atoms with Crippen LogP contribution in [-0.4, -0.2) is 29.4 Å². The van der Waals surface area contributed by atoms with E-state index < -0.39 is 12.0 Å². The Bertz CT molecular complexity index is 483. The first kappa shape index (κ1) is 13.7. The highest BCUT2D eigenvalue weighted by Crippen LogP contribution is 2.15. The molecule has 0 aliphatic heterocycles. The van der Waals surface area contributed by atoms with Crippen LogP contribution in [0, 0.1) is 0 Å². The number of phenolic OH excluding ortho intramolecular Hbond substituents is 1. The number of urea groups is 1. The maximum atomic E-state index is 11.5. The number of hydrogen-bond donors (Lipinski definition) is 2. The SMILES string of the molecule is CCOC(=O)C(C)=NC(=O)Nc1cccc(O)c1. The van der Waals surface area contributed by atoms with E-state index >= 15 is 0 Å². The minimum Gasteiger partial charge on any atom is -0.508 e. The third-order valence-corrected chi connectivity index (χ3v) is 1.94. The Morgan fingerprint density at radius 3 is 2.78 bits per heavy atom. The number of rotatable bonds is 3. The van der Waals surface area contributed by atoms with Gasteiger partial charge in [-0.2, -0.15) is 4.99 Å². The number of esters is 1. The number of carbonyl (C=O) groups is 2. The van der Waals surface area contributed by atoms with Crippen LogP contribution < -0.4 is 5.32 Å². The first-order chi connectivity index (χ1) is 8.52. The number of carbonyl (C=O) groups excluding carboxylic acids is 2. The Morgan fingerprint density at radius 1 is 1.44 bits per heavy atom. The fourth-order valence-electron chi connectivity index (χ4n) is 1.17. The Balaban J connectivity index is 2.66. The van der Waals surface area contributed by atoms with Crippen LogP contribution in [0.1, 0.15) is 13.8 Å². The van der Waals surface area contributed by atoms with Gasteiger partial charge in [0.1, 0.15) is 11.5 Å². The first-order valence-electron chi connectivity index (χ1n) is 5.35. The molecule has 6 heteroatoms. The van der Waals surface area contributed by atoms with E-state index in [1.165, 1.54) is 19.1 Å². The fourth-order valence-corrected chi connectivity index (χ4v) is 1.17. The lowest BCUT2D eigenvalue weighted by atomic mass is 10.3. The average Bonchev–Trinajstić information content (AvgIpc) is 2.28. The van der Waals surface area contributed by atoms with Crippen molar-refractivity contribution in [3.8, 4) is 5.75 Å². The van der Waals surface area contributed by atoms with Crippen molar-refractivity contribution in [1.29, 1.82) is 0 Å². The summed E-state index contributed by atoms with van der Waals surface area (Å²) in [7, 11) is 0. The lowest BCUT2D eigenvalue weighted by Crippen LogP contribution is -2.17. The zero-order valence-electron chi connectivity index (χ0n) is 10.1. The van der Waals surface area contributed by atoms with Crippen LogP contribution >= 0.6 is 0 Å². The first-order valence-corrected chi connectivity index (χ1v) is 5.35. The van der Waals surface area contributed by atoms with E-state index in [0.29, 0.717) is 5.69 Å². The van der Waals surface area contributed by atoms with Crippen LogP contribution in [0.15, 0.2) is 29.3 Å². The lowest BCUT2D eigenvalue weighted by Gasteiger charge is -2.03. The van der Waals surface area contributed by atoms with Crippen molar-refractivity contribution in [2.24, 2.45) is 4.99 Å². The summed E-state index contributed by atoms with van der Waals surface area (Å²) in [6, 6.07) is 5.31. The molecule has 0 heterocycles. The smallest absolute Gasteiger partial charge is 0.352 e. The predicted octanol–water partition coefficient (Wildman–Crippen LogP) is 1.95. The summed E-state index contributed by atoms with van der Waals surface area (Å²) in [4.78, 5) is 26.2. The van der Waals surface area contributed by atoms with Crippen LogP contribution in [0.5, 0.6) is 5.75 Å². The van der Waals surface area contributed by atoms with Gasteiger partial charge in [0.15, 0.2) is 0 Å². The highest BCUT2D eigenvalue weighted by molar-refractivity contribution is 6.37.